The van der Waals surface area contributed by atoms with Gasteiger partial charge >= 0.3 is 6.61 Å². The molecule has 1 N–H and O–H groups in total. The molecule has 0 aliphatic rings. The summed E-state index contributed by atoms with van der Waals surface area (Å²) in [6, 6.07) is 21.2. The lowest BCUT2D eigenvalue weighted by Crippen LogP contribution is -2.32. The Bertz CT molecular complexity index is 1340. The molecular formula is C25H21F2N3O3. The van der Waals surface area contributed by atoms with E-state index in [0.29, 0.717) is 28.4 Å². The summed E-state index contributed by atoms with van der Waals surface area (Å²) in [6.07, 6.45) is 0.422. The van der Waals surface area contributed by atoms with E-state index >= 15 is 0 Å². The van der Waals surface area contributed by atoms with E-state index in [4.69, 9.17) is 0 Å². The summed E-state index contributed by atoms with van der Waals surface area (Å²) >= 11 is 0. The van der Waals surface area contributed by atoms with E-state index in [1.54, 1.807) is 66.7 Å². The number of nitrogens with zero attached hydrogens (tertiary/aromatic N) is 2. The first kappa shape index (κ1) is 22.1. The standard InChI is InChI=1S/C25H21F2N3O3/c1-2-20(19-14-8-9-15-21(19)33-25(26)27)28-23(31)22-17-12-6-7-13-18(17)24(32)30(29-22)16-10-4-3-5-11-16/h3-15,20,25H,2H2,1H3,(H,28,31). The Morgan fingerprint density at radius 3 is 2.30 bits per heavy atom. The predicted molar refractivity (Wildman–Crippen MR) is 121 cm³/mol. The zero-order valence-corrected chi connectivity index (χ0v) is 17.7. The average molecular weight is 449 g/mol. The fraction of sp³-hybridized carbons (Fsp3) is 0.160. The van der Waals surface area contributed by atoms with Gasteiger partial charge in [0.2, 0.25) is 0 Å². The molecule has 1 amide bonds. The Hall–Kier alpha value is -4.07. The van der Waals surface area contributed by atoms with Crippen LogP contribution in [0.4, 0.5) is 8.78 Å². The topological polar surface area (TPSA) is 73.2 Å². The number of fused-ring (bicyclic) bond motifs is 1. The van der Waals surface area contributed by atoms with E-state index in [9.17, 15) is 18.4 Å². The molecule has 1 unspecified atom stereocenters. The normalized spacial score (nSPS) is 12.0. The predicted octanol–water partition coefficient (Wildman–Crippen LogP) is 4.87. The van der Waals surface area contributed by atoms with Crippen molar-refractivity contribution in [2.24, 2.45) is 0 Å². The lowest BCUT2D eigenvalue weighted by molar-refractivity contribution is -0.0506. The van der Waals surface area contributed by atoms with E-state index in [-0.39, 0.29) is 17.0 Å². The molecule has 1 aromatic heterocycles. The van der Waals surface area contributed by atoms with Crippen LogP contribution >= 0.6 is 0 Å². The summed E-state index contributed by atoms with van der Waals surface area (Å²) in [5.41, 5.74) is 0.648. The fourth-order valence-electron chi connectivity index (χ4n) is 3.70. The highest BCUT2D eigenvalue weighted by Crippen LogP contribution is 2.29. The Labute approximate surface area is 188 Å². The lowest BCUT2D eigenvalue weighted by Gasteiger charge is -2.21. The van der Waals surface area contributed by atoms with Crippen molar-refractivity contribution < 1.29 is 18.3 Å². The van der Waals surface area contributed by atoms with Gasteiger partial charge < -0.3 is 10.1 Å². The molecule has 0 saturated carbocycles. The van der Waals surface area contributed by atoms with E-state index in [1.165, 1.54) is 10.7 Å². The number of benzene rings is 3. The number of carbonyl (C=O) groups is 1. The number of rotatable bonds is 7. The fourth-order valence-corrected chi connectivity index (χ4v) is 3.70. The van der Waals surface area contributed by atoms with Crippen molar-refractivity contribution >= 4 is 16.7 Å². The van der Waals surface area contributed by atoms with E-state index in [1.807, 2.05) is 13.0 Å². The van der Waals surface area contributed by atoms with Crippen LogP contribution in [0, 0.1) is 0 Å². The number of amides is 1. The molecule has 6 nitrogen and oxygen atoms in total. The summed E-state index contributed by atoms with van der Waals surface area (Å²) in [6.45, 7) is -1.17. The molecule has 3 aromatic carbocycles. The molecule has 168 valence electrons. The SMILES string of the molecule is CCC(NC(=O)c1nn(-c2ccccc2)c(=O)c2ccccc12)c1ccccc1OC(F)F. The lowest BCUT2D eigenvalue weighted by atomic mass is 10.0. The van der Waals surface area contributed by atoms with Crippen molar-refractivity contribution in [3.05, 3.63) is 100 Å². The summed E-state index contributed by atoms with van der Waals surface area (Å²) in [5, 5.41) is 7.97. The maximum absolute atomic E-state index is 13.4. The molecule has 0 saturated heterocycles. The second-order valence-corrected chi connectivity index (χ2v) is 7.30. The van der Waals surface area contributed by atoms with Gasteiger partial charge in [0, 0.05) is 10.9 Å². The third-order valence-corrected chi connectivity index (χ3v) is 5.24. The second-order valence-electron chi connectivity index (χ2n) is 7.30. The third-order valence-electron chi connectivity index (χ3n) is 5.24. The van der Waals surface area contributed by atoms with Gasteiger partial charge in [0.25, 0.3) is 11.5 Å². The molecule has 33 heavy (non-hydrogen) atoms. The Morgan fingerprint density at radius 1 is 0.970 bits per heavy atom. The Morgan fingerprint density at radius 2 is 1.61 bits per heavy atom. The number of carbonyl (C=O) groups excluding carboxylic acids is 1. The Kier molecular flexibility index (Phi) is 6.44. The summed E-state index contributed by atoms with van der Waals surface area (Å²) in [5.74, 6) is -0.540. The minimum atomic E-state index is -2.99. The number of hydrogen-bond donors (Lipinski definition) is 1. The van der Waals surface area contributed by atoms with Gasteiger partial charge in [-0.3, -0.25) is 9.59 Å². The van der Waals surface area contributed by atoms with Gasteiger partial charge in [-0.25, -0.2) is 0 Å². The smallest absolute Gasteiger partial charge is 0.387 e. The quantitative estimate of drug-likeness (QED) is 0.437. The molecule has 0 bridgehead atoms. The van der Waals surface area contributed by atoms with Crippen LogP contribution in [0.2, 0.25) is 0 Å². The van der Waals surface area contributed by atoms with E-state index in [2.05, 4.69) is 15.2 Å². The Balaban J connectivity index is 1.77. The molecule has 0 radical (unpaired) electrons. The molecule has 0 aliphatic heterocycles. The number of halogens is 2. The molecular weight excluding hydrogens is 428 g/mol. The van der Waals surface area contributed by atoms with Crippen molar-refractivity contribution in [3.63, 3.8) is 0 Å². The number of alkyl halides is 2. The third kappa shape index (κ3) is 4.59. The highest BCUT2D eigenvalue weighted by Gasteiger charge is 2.23. The van der Waals surface area contributed by atoms with Crippen molar-refractivity contribution in [2.75, 3.05) is 0 Å². The number of hydrogen-bond acceptors (Lipinski definition) is 4. The van der Waals surface area contributed by atoms with Gasteiger partial charge in [-0.2, -0.15) is 18.6 Å². The zero-order valence-electron chi connectivity index (χ0n) is 17.7. The first-order valence-electron chi connectivity index (χ1n) is 10.4. The molecule has 0 fully saturated rings. The van der Waals surface area contributed by atoms with Gasteiger partial charge in [0.1, 0.15) is 5.75 Å². The molecule has 1 atom stereocenters. The van der Waals surface area contributed by atoms with Crippen LogP contribution in [0.5, 0.6) is 5.75 Å². The van der Waals surface area contributed by atoms with Crippen LogP contribution in [0.3, 0.4) is 0 Å². The first-order valence-corrected chi connectivity index (χ1v) is 10.4. The minimum absolute atomic E-state index is 0.00766. The summed E-state index contributed by atoms with van der Waals surface area (Å²) in [7, 11) is 0. The highest BCUT2D eigenvalue weighted by molar-refractivity contribution is 6.05. The minimum Gasteiger partial charge on any atom is -0.434 e. The van der Waals surface area contributed by atoms with Crippen molar-refractivity contribution in [2.45, 2.75) is 26.0 Å². The number of nitrogens with one attached hydrogen (secondary N) is 1. The summed E-state index contributed by atoms with van der Waals surface area (Å²) in [4.78, 5) is 26.4. The first-order chi connectivity index (χ1) is 16.0. The highest BCUT2D eigenvalue weighted by atomic mass is 19.3. The van der Waals surface area contributed by atoms with Gasteiger partial charge in [-0.05, 0) is 30.7 Å². The van der Waals surface area contributed by atoms with E-state index < -0.39 is 18.6 Å². The average Bonchev–Trinajstić information content (AvgIpc) is 2.83. The van der Waals surface area contributed by atoms with Crippen LogP contribution < -0.4 is 15.6 Å². The van der Waals surface area contributed by atoms with Crippen LogP contribution in [-0.4, -0.2) is 22.3 Å². The van der Waals surface area contributed by atoms with Gasteiger partial charge in [-0.15, -0.1) is 0 Å². The number of ether oxygens (including phenoxy) is 1. The monoisotopic (exact) mass is 449 g/mol. The molecule has 4 rings (SSSR count). The number of aromatic nitrogens is 2. The molecule has 0 aliphatic carbocycles. The van der Waals surface area contributed by atoms with Crippen LogP contribution in [0.25, 0.3) is 16.5 Å². The maximum atomic E-state index is 13.4. The van der Waals surface area contributed by atoms with Crippen molar-refractivity contribution in [1.82, 2.24) is 15.1 Å². The van der Waals surface area contributed by atoms with Crippen LogP contribution in [0.15, 0.2) is 83.7 Å². The zero-order chi connectivity index (χ0) is 23.4. The molecule has 0 spiro atoms. The summed E-state index contributed by atoms with van der Waals surface area (Å²) < 4.78 is 31.5. The van der Waals surface area contributed by atoms with Crippen LogP contribution in [-0.2, 0) is 0 Å². The molecule has 8 heteroatoms. The maximum Gasteiger partial charge on any atom is 0.387 e. The van der Waals surface area contributed by atoms with Gasteiger partial charge in [0.15, 0.2) is 5.69 Å². The van der Waals surface area contributed by atoms with Crippen LogP contribution in [0.1, 0.15) is 35.4 Å². The van der Waals surface area contributed by atoms with Gasteiger partial charge in [-0.1, -0.05) is 61.5 Å². The van der Waals surface area contributed by atoms with E-state index in [0.717, 1.165) is 0 Å². The number of para-hydroxylation sites is 2. The molecule has 1 heterocycles. The molecule has 4 aromatic rings. The van der Waals surface area contributed by atoms with Gasteiger partial charge in [0.05, 0.1) is 17.1 Å². The second kappa shape index (κ2) is 9.60. The van der Waals surface area contributed by atoms with Crippen molar-refractivity contribution in [3.8, 4) is 11.4 Å². The largest absolute Gasteiger partial charge is 0.434 e. The van der Waals surface area contributed by atoms with Crippen molar-refractivity contribution in [1.29, 1.82) is 0 Å².